The van der Waals surface area contributed by atoms with Crippen LogP contribution in [0, 0.1) is 12.2 Å². The molecule has 0 heterocycles. The Balaban J connectivity index is 0.00000144. The van der Waals surface area contributed by atoms with Gasteiger partial charge in [-0.2, -0.15) is 0 Å². The molecule has 0 aromatic heterocycles. The van der Waals surface area contributed by atoms with Gasteiger partial charge in [-0.15, -0.1) is 31.2 Å². The number of rotatable bonds is 2. The average molecular weight is 247 g/mol. The van der Waals surface area contributed by atoms with Crippen molar-refractivity contribution in [3.8, 4) is 0 Å². The minimum Gasteiger partial charge on any atom is -0.551 e. The van der Waals surface area contributed by atoms with Gasteiger partial charge in [-0.25, -0.2) is 6.08 Å². The second kappa shape index (κ2) is 5.36. The summed E-state index contributed by atoms with van der Waals surface area (Å²) in [5, 5.41) is 9.25. The van der Waals surface area contributed by atoms with Gasteiger partial charge >= 0.3 is 0 Å². The summed E-state index contributed by atoms with van der Waals surface area (Å²) in [4.78, 5) is 0. The largest absolute Gasteiger partial charge is 0.551 e. The van der Waals surface area contributed by atoms with Crippen molar-refractivity contribution < 1.29 is 37.8 Å². The molecular weight excluding hydrogens is 237 g/mol. The van der Waals surface area contributed by atoms with Gasteiger partial charge in [0.2, 0.25) is 0 Å². The topological polar surface area (TPSA) is 20.2 Å². The van der Waals surface area contributed by atoms with Crippen molar-refractivity contribution in [2.45, 2.75) is 6.92 Å². The molecule has 2 heteroatoms. The molecule has 1 rings (SSSR count). The van der Waals surface area contributed by atoms with E-state index in [1.807, 2.05) is 0 Å². The summed E-state index contributed by atoms with van der Waals surface area (Å²) < 4.78 is 0. The summed E-state index contributed by atoms with van der Waals surface area (Å²) in [6.07, 6.45) is 9.09. The first-order chi connectivity index (χ1) is 5.68. The van der Waals surface area contributed by atoms with Crippen LogP contribution in [0.2, 0.25) is 0 Å². The van der Waals surface area contributed by atoms with Gasteiger partial charge in [-0.05, 0) is 0 Å². The summed E-state index contributed by atoms with van der Waals surface area (Å²) >= 11 is 0. The third-order valence-corrected chi connectivity index (χ3v) is 1.67. The van der Waals surface area contributed by atoms with Gasteiger partial charge in [0.05, 0.1) is 0 Å². The minimum absolute atomic E-state index is 0. The number of hydrogen-bond acceptors (Lipinski definition) is 1. The van der Waals surface area contributed by atoms with Gasteiger partial charge < -0.3 is 17.3 Å². The summed E-state index contributed by atoms with van der Waals surface area (Å²) in [6.45, 7) is 9.12. The normalized spacial score (nSPS) is 16.7. The van der Waals surface area contributed by atoms with Crippen molar-refractivity contribution in [3.05, 3.63) is 59.9 Å². The van der Waals surface area contributed by atoms with Crippen molar-refractivity contribution in [3.63, 3.8) is 0 Å². The Labute approximate surface area is 104 Å². The third kappa shape index (κ3) is 2.52. The molecular formula is C11H10OY-2. The molecule has 1 N–H and O–H groups in total. The predicted octanol–water partition coefficient (Wildman–Crippen LogP) is 2.66. The summed E-state index contributed by atoms with van der Waals surface area (Å²) in [5.74, 6) is 0.195. The van der Waals surface area contributed by atoms with E-state index in [2.05, 4.69) is 25.3 Å². The van der Waals surface area contributed by atoms with Crippen LogP contribution in [-0.4, -0.2) is 5.11 Å². The molecule has 0 amide bonds. The molecule has 0 saturated carbocycles. The molecule has 0 bridgehead atoms. The van der Waals surface area contributed by atoms with Crippen molar-refractivity contribution >= 4 is 0 Å². The van der Waals surface area contributed by atoms with Gasteiger partial charge in [0.1, 0.15) is 0 Å². The first-order valence-electron chi connectivity index (χ1n) is 3.59. The Morgan fingerprint density at radius 3 is 2.31 bits per heavy atom. The molecule has 65 valence electrons. The third-order valence-electron chi connectivity index (χ3n) is 1.67. The van der Waals surface area contributed by atoms with Crippen LogP contribution in [0.5, 0.6) is 0 Å². The first-order valence-corrected chi connectivity index (χ1v) is 3.59. The maximum atomic E-state index is 9.25. The number of allylic oxidation sites excluding steroid dienone is 6. The molecule has 1 radical (unpaired) electrons. The molecule has 0 unspecified atom stereocenters. The van der Waals surface area contributed by atoms with Crippen molar-refractivity contribution in [1.29, 1.82) is 0 Å². The zero-order valence-corrected chi connectivity index (χ0v) is 10.4. The minimum atomic E-state index is 0. The zero-order valence-electron chi connectivity index (χ0n) is 7.59. The maximum absolute atomic E-state index is 9.25. The van der Waals surface area contributed by atoms with Crippen molar-refractivity contribution in [2.24, 2.45) is 0 Å². The molecule has 0 aliphatic heterocycles. The molecule has 0 atom stereocenters. The Morgan fingerprint density at radius 2 is 1.85 bits per heavy atom. The van der Waals surface area contributed by atoms with E-state index in [4.69, 9.17) is 0 Å². The Kier molecular flexibility index (Phi) is 5.20. The van der Waals surface area contributed by atoms with E-state index in [9.17, 15) is 5.11 Å². The summed E-state index contributed by atoms with van der Waals surface area (Å²) in [6, 6.07) is 0. The van der Waals surface area contributed by atoms with Gasteiger partial charge in [0.15, 0.2) is 0 Å². The molecule has 1 aliphatic rings. The van der Waals surface area contributed by atoms with Crippen molar-refractivity contribution in [1.82, 2.24) is 0 Å². The molecule has 13 heavy (non-hydrogen) atoms. The van der Waals surface area contributed by atoms with Gasteiger partial charge in [0.25, 0.3) is 0 Å². The van der Waals surface area contributed by atoms with E-state index in [0.29, 0.717) is 11.1 Å². The Bertz CT molecular complexity index is 319. The molecule has 0 aromatic rings. The summed E-state index contributed by atoms with van der Waals surface area (Å²) in [5.41, 5.74) is 2.01. The van der Waals surface area contributed by atoms with E-state index in [-0.39, 0.29) is 38.5 Å². The van der Waals surface area contributed by atoms with Gasteiger partial charge in [0, 0.05) is 38.5 Å². The van der Waals surface area contributed by atoms with Crippen LogP contribution < -0.4 is 0 Å². The smallest absolute Gasteiger partial charge is 0.0361 e. The van der Waals surface area contributed by atoms with E-state index >= 15 is 0 Å². The predicted molar refractivity (Wildman–Crippen MR) is 49.2 cm³/mol. The van der Waals surface area contributed by atoms with Gasteiger partial charge in [-0.3, -0.25) is 6.08 Å². The van der Waals surface area contributed by atoms with Crippen LogP contribution in [0.3, 0.4) is 0 Å². The maximum Gasteiger partial charge on any atom is 0.0361 e. The van der Waals surface area contributed by atoms with Crippen LogP contribution in [0.25, 0.3) is 0 Å². The van der Waals surface area contributed by atoms with E-state index in [1.165, 1.54) is 0 Å². The second-order valence-electron chi connectivity index (χ2n) is 2.45. The number of aliphatic hydroxyl groups excluding tert-OH is 1. The number of hydrogen-bond donors (Lipinski definition) is 1. The molecule has 1 aliphatic carbocycles. The Morgan fingerprint density at radius 1 is 1.23 bits per heavy atom. The average Bonchev–Trinajstić information content (AvgIpc) is 2.11. The van der Waals surface area contributed by atoms with Gasteiger partial charge in [-0.1, -0.05) is 5.57 Å². The fourth-order valence-electron chi connectivity index (χ4n) is 0.889. The summed E-state index contributed by atoms with van der Waals surface area (Å²) in [7, 11) is 0. The monoisotopic (exact) mass is 247 g/mol. The van der Waals surface area contributed by atoms with Crippen LogP contribution in [0.1, 0.15) is 6.92 Å². The van der Waals surface area contributed by atoms with E-state index in [0.717, 1.165) is 5.57 Å². The fourth-order valence-corrected chi connectivity index (χ4v) is 0.889. The Hall–Kier alpha value is -0.396. The zero-order chi connectivity index (χ0) is 9.14. The molecule has 1 nitrogen and oxygen atoms in total. The standard InChI is InChI=1S/C11H10O.Y/c1-4-5-6-7-10-8(2)9(3)11(10)12;/h5-6,12H,2-3H2,1H3;/q-2;. The molecule has 0 spiro atoms. The number of aliphatic hydroxyl groups is 1. The molecule has 0 aromatic carbocycles. The van der Waals surface area contributed by atoms with Crippen LogP contribution in [-0.2, 0) is 32.7 Å². The molecule has 0 saturated heterocycles. The van der Waals surface area contributed by atoms with Crippen LogP contribution >= 0.6 is 0 Å². The first kappa shape index (κ1) is 12.6. The molecule has 0 fully saturated rings. The van der Waals surface area contributed by atoms with Crippen molar-refractivity contribution in [2.75, 3.05) is 0 Å². The second-order valence-corrected chi connectivity index (χ2v) is 2.45. The fraction of sp³-hybridized carbons (Fsp3) is 0.0909. The van der Waals surface area contributed by atoms with E-state index < -0.39 is 0 Å². The van der Waals surface area contributed by atoms with E-state index in [1.54, 1.807) is 19.1 Å². The van der Waals surface area contributed by atoms with Crippen LogP contribution in [0.4, 0.5) is 0 Å². The quantitative estimate of drug-likeness (QED) is 0.587. The van der Waals surface area contributed by atoms with Crippen LogP contribution in [0.15, 0.2) is 47.8 Å². The SMILES string of the molecule is C=C1C(=C)C([C-]=CC=[C-]C)=C1O.[Y].